The molecule has 94 valence electrons. The Balaban J connectivity index is 2.01. The lowest BCUT2D eigenvalue weighted by molar-refractivity contribution is -0.139. The fourth-order valence-corrected chi connectivity index (χ4v) is 1.61. The Kier molecular flexibility index (Phi) is 3.72. The molecule has 0 bridgehead atoms. The monoisotopic (exact) mass is 245 g/mol. The minimum atomic E-state index is -0.280. The quantitative estimate of drug-likeness (QED) is 0.763. The molecule has 0 saturated heterocycles. The smallest absolute Gasteiger partial charge is 0.311 e. The van der Waals surface area contributed by atoms with Gasteiger partial charge in [-0.2, -0.15) is 5.10 Å². The van der Waals surface area contributed by atoms with E-state index in [2.05, 4.69) is 14.8 Å². The molecule has 0 aliphatic rings. The van der Waals surface area contributed by atoms with Crippen LogP contribution < -0.4 is 0 Å². The zero-order valence-electron chi connectivity index (χ0n) is 10.5. The van der Waals surface area contributed by atoms with Crippen LogP contribution in [0.3, 0.4) is 0 Å². The minimum Gasteiger partial charge on any atom is -0.469 e. The van der Waals surface area contributed by atoms with Crippen molar-refractivity contribution in [1.82, 2.24) is 14.8 Å². The van der Waals surface area contributed by atoms with Crippen molar-refractivity contribution in [1.29, 1.82) is 0 Å². The molecule has 2 aromatic rings. The van der Waals surface area contributed by atoms with Gasteiger partial charge < -0.3 is 4.74 Å². The number of aryl methyl sites for hydroxylation is 1. The number of hydrogen-bond donors (Lipinski definition) is 0. The molecule has 18 heavy (non-hydrogen) atoms. The van der Waals surface area contributed by atoms with Gasteiger partial charge in [-0.1, -0.05) is 6.07 Å². The first-order valence-corrected chi connectivity index (χ1v) is 5.67. The van der Waals surface area contributed by atoms with Crippen molar-refractivity contribution in [3.8, 4) is 0 Å². The SMILES string of the molecule is COC(=O)Cc1ccc(Cn2cc(C)cn2)cn1. The van der Waals surface area contributed by atoms with Gasteiger partial charge in [0.15, 0.2) is 0 Å². The third kappa shape index (κ3) is 3.16. The number of aromatic nitrogens is 3. The van der Waals surface area contributed by atoms with Crippen LogP contribution in [0.15, 0.2) is 30.7 Å². The van der Waals surface area contributed by atoms with E-state index in [1.54, 1.807) is 6.20 Å². The van der Waals surface area contributed by atoms with Gasteiger partial charge in [-0.15, -0.1) is 0 Å². The fraction of sp³-hybridized carbons (Fsp3) is 0.308. The van der Waals surface area contributed by atoms with Crippen LogP contribution in [0.4, 0.5) is 0 Å². The highest BCUT2D eigenvalue weighted by Crippen LogP contribution is 2.05. The van der Waals surface area contributed by atoms with E-state index in [1.807, 2.05) is 36.1 Å². The molecular formula is C13H15N3O2. The molecule has 0 N–H and O–H groups in total. The summed E-state index contributed by atoms with van der Waals surface area (Å²) in [4.78, 5) is 15.3. The van der Waals surface area contributed by atoms with Gasteiger partial charge in [0.1, 0.15) is 0 Å². The van der Waals surface area contributed by atoms with Crippen LogP contribution in [-0.4, -0.2) is 27.8 Å². The molecule has 2 aromatic heterocycles. The second kappa shape index (κ2) is 5.44. The summed E-state index contributed by atoms with van der Waals surface area (Å²) in [6, 6.07) is 3.78. The Bertz CT molecular complexity index is 531. The normalized spacial score (nSPS) is 10.3. The van der Waals surface area contributed by atoms with Crippen molar-refractivity contribution in [3.05, 3.63) is 47.5 Å². The number of ether oxygens (including phenoxy) is 1. The predicted molar refractivity (Wildman–Crippen MR) is 66.0 cm³/mol. The molecule has 0 fully saturated rings. The molecule has 0 aliphatic carbocycles. The third-order valence-electron chi connectivity index (χ3n) is 2.55. The van der Waals surface area contributed by atoms with Gasteiger partial charge in [0.25, 0.3) is 0 Å². The molecule has 5 heteroatoms. The molecule has 0 aliphatic heterocycles. The van der Waals surface area contributed by atoms with E-state index >= 15 is 0 Å². The van der Waals surface area contributed by atoms with Crippen molar-refractivity contribution in [3.63, 3.8) is 0 Å². The Morgan fingerprint density at radius 3 is 2.78 bits per heavy atom. The number of esters is 1. The number of rotatable bonds is 4. The van der Waals surface area contributed by atoms with Crippen LogP contribution in [-0.2, 0) is 22.5 Å². The summed E-state index contributed by atoms with van der Waals surface area (Å²) >= 11 is 0. The van der Waals surface area contributed by atoms with Gasteiger partial charge in [0.2, 0.25) is 0 Å². The van der Waals surface area contributed by atoms with Gasteiger partial charge in [0.05, 0.1) is 32.0 Å². The second-order valence-electron chi connectivity index (χ2n) is 4.13. The number of carbonyl (C=O) groups excluding carboxylic acids is 1. The summed E-state index contributed by atoms with van der Waals surface area (Å²) in [5.74, 6) is -0.280. The zero-order valence-corrected chi connectivity index (χ0v) is 10.5. The Morgan fingerprint density at radius 1 is 1.39 bits per heavy atom. The maximum Gasteiger partial charge on any atom is 0.311 e. The average molecular weight is 245 g/mol. The van der Waals surface area contributed by atoms with E-state index in [0.29, 0.717) is 12.2 Å². The number of hydrogen-bond acceptors (Lipinski definition) is 4. The van der Waals surface area contributed by atoms with Crippen molar-refractivity contribution >= 4 is 5.97 Å². The number of carbonyl (C=O) groups is 1. The van der Waals surface area contributed by atoms with E-state index in [0.717, 1.165) is 11.1 Å². The van der Waals surface area contributed by atoms with Crippen LogP contribution >= 0.6 is 0 Å². The summed E-state index contributed by atoms with van der Waals surface area (Å²) in [7, 11) is 1.37. The predicted octanol–water partition coefficient (Wildman–Crippen LogP) is 1.35. The number of methoxy groups -OCH3 is 1. The first-order valence-electron chi connectivity index (χ1n) is 5.67. The Hall–Kier alpha value is -2.17. The number of pyridine rings is 1. The number of nitrogens with zero attached hydrogens (tertiary/aromatic N) is 3. The van der Waals surface area contributed by atoms with Crippen LogP contribution in [0.2, 0.25) is 0 Å². The summed E-state index contributed by atoms with van der Waals surface area (Å²) in [5.41, 5.74) is 2.89. The van der Waals surface area contributed by atoms with Crippen LogP contribution in [0, 0.1) is 6.92 Å². The average Bonchev–Trinajstić information content (AvgIpc) is 2.77. The van der Waals surface area contributed by atoms with Crippen LogP contribution in [0.5, 0.6) is 0 Å². The van der Waals surface area contributed by atoms with Crippen LogP contribution in [0.1, 0.15) is 16.8 Å². The van der Waals surface area contributed by atoms with Crippen molar-refractivity contribution in [2.24, 2.45) is 0 Å². The lowest BCUT2D eigenvalue weighted by atomic mass is 10.2. The minimum absolute atomic E-state index is 0.206. The molecule has 2 rings (SSSR count). The molecular weight excluding hydrogens is 230 g/mol. The Labute approximate surface area is 105 Å². The first kappa shape index (κ1) is 12.3. The topological polar surface area (TPSA) is 57.0 Å². The molecule has 0 atom stereocenters. The molecule has 0 spiro atoms. The van der Waals surface area contributed by atoms with E-state index in [9.17, 15) is 4.79 Å². The standard InChI is InChI=1S/C13H15N3O2/c1-10-6-15-16(8-10)9-11-3-4-12(14-7-11)5-13(17)18-2/h3-4,6-8H,5,9H2,1-2H3. The maximum atomic E-state index is 11.1. The molecule has 0 saturated carbocycles. The summed E-state index contributed by atoms with van der Waals surface area (Å²) < 4.78 is 6.44. The van der Waals surface area contributed by atoms with Gasteiger partial charge >= 0.3 is 5.97 Å². The summed E-state index contributed by atoms with van der Waals surface area (Å²) in [6.45, 7) is 2.68. The van der Waals surface area contributed by atoms with E-state index in [4.69, 9.17) is 0 Å². The lowest BCUT2D eigenvalue weighted by Gasteiger charge is -2.03. The van der Waals surface area contributed by atoms with Crippen molar-refractivity contribution < 1.29 is 9.53 Å². The molecule has 0 aromatic carbocycles. The molecule has 0 amide bonds. The fourth-order valence-electron chi connectivity index (χ4n) is 1.61. The third-order valence-corrected chi connectivity index (χ3v) is 2.55. The highest BCUT2D eigenvalue weighted by Gasteiger charge is 2.04. The lowest BCUT2D eigenvalue weighted by Crippen LogP contribution is -2.07. The van der Waals surface area contributed by atoms with Gasteiger partial charge in [-0.05, 0) is 24.1 Å². The van der Waals surface area contributed by atoms with Gasteiger partial charge in [-0.3, -0.25) is 14.5 Å². The zero-order chi connectivity index (χ0) is 13.0. The molecule has 0 radical (unpaired) electrons. The van der Waals surface area contributed by atoms with E-state index in [-0.39, 0.29) is 12.4 Å². The second-order valence-corrected chi connectivity index (χ2v) is 4.13. The highest BCUT2D eigenvalue weighted by molar-refractivity contribution is 5.71. The van der Waals surface area contributed by atoms with Gasteiger partial charge in [-0.25, -0.2) is 0 Å². The Morgan fingerprint density at radius 2 is 2.22 bits per heavy atom. The highest BCUT2D eigenvalue weighted by atomic mass is 16.5. The summed E-state index contributed by atoms with van der Waals surface area (Å²) in [5, 5.41) is 4.21. The van der Waals surface area contributed by atoms with E-state index < -0.39 is 0 Å². The van der Waals surface area contributed by atoms with Crippen molar-refractivity contribution in [2.75, 3.05) is 7.11 Å². The molecule has 2 heterocycles. The van der Waals surface area contributed by atoms with Crippen LogP contribution in [0.25, 0.3) is 0 Å². The maximum absolute atomic E-state index is 11.1. The largest absolute Gasteiger partial charge is 0.469 e. The van der Waals surface area contributed by atoms with Crippen molar-refractivity contribution in [2.45, 2.75) is 19.9 Å². The first-order chi connectivity index (χ1) is 8.67. The van der Waals surface area contributed by atoms with Gasteiger partial charge in [0, 0.05) is 12.4 Å². The van der Waals surface area contributed by atoms with E-state index in [1.165, 1.54) is 7.11 Å². The molecule has 5 nitrogen and oxygen atoms in total. The summed E-state index contributed by atoms with van der Waals surface area (Å²) in [6.07, 6.45) is 5.76. The molecule has 0 unspecified atom stereocenters.